The van der Waals surface area contributed by atoms with Gasteiger partial charge in [-0.3, -0.25) is 9.59 Å². The largest absolute Gasteiger partial charge is 0.350 e. The third-order valence-electron chi connectivity index (χ3n) is 5.68. The molecule has 0 aliphatic heterocycles. The van der Waals surface area contributed by atoms with Gasteiger partial charge in [0, 0.05) is 24.9 Å². The van der Waals surface area contributed by atoms with E-state index >= 15 is 0 Å². The van der Waals surface area contributed by atoms with Crippen LogP contribution in [0, 0.1) is 6.92 Å². The van der Waals surface area contributed by atoms with Crippen LogP contribution in [0.1, 0.15) is 49.4 Å². The molecule has 0 aromatic heterocycles. The summed E-state index contributed by atoms with van der Waals surface area (Å²) in [7, 11) is 0. The number of carbonyl (C=O) groups is 2. The molecule has 0 fully saturated rings. The summed E-state index contributed by atoms with van der Waals surface area (Å²) in [6.45, 7) is 8.33. The first-order valence-electron chi connectivity index (χ1n) is 12.0. The van der Waals surface area contributed by atoms with Crippen molar-refractivity contribution in [1.29, 1.82) is 0 Å². The summed E-state index contributed by atoms with van der Waals surface area (Å²) in [5.74, 6) is -0.146. The van der Waals surface area contributed by atoms with Crippen molar-refractivity contribution in [1.82, 2.24) is 10.2 Å². The lowest BCUT2D eigenvalue weighted by atomic mass is 9.99. The average molecular weight is 457 g/mol. The second-order valence-corrected chi connectivity index (χ2v) is 9.94. The van der Waals surface area contributed by atoms with E-state index in [1.54, 1.807) is 4.90 Å². The zero-order chi connectivity index (χ0) is 24.6. The van der Waals surface area contributed by atoms with Crippen LogP contribution in [-0.4, -0.2) is 28.3 Å². The van der Waals surface area contributed by atoms with E-state index in [0.29, 0.717) is 25.8 Å². The highest BCUT2D eigenvalue weighted by Crippen LogP contribution is 2.18. The molecule has 0 saturated carbocycles. The van der Waals surface area contributed by atoms with Gasteiger partial charge in [0.05, 0.1) is 0 Å². The van der Waals surface area contributed by atoms with E-state index in [-0.39, 0.29) is 11.8 Å². The Labute approximate surface area is 204 Å². The fourth-order valence-corrected chi connectivity index (χ4v) is 4.05. The van der Waals surface area contributed by atoms with Crippen LogP contribution < -0.4 is 5.32 Å². The third kappa shape index (κ3) is 7.87. The number of amides is 2. The van der Waals surface area contributed by atoms with Gasteiger partial charge in [-0.25, -0.2) is 0 Å². The van der Waals surface area contributed by atoms with Crippen molar-refractivity contribution in [3.8, 4) is 0 Å². The summed E-state index contributed by atoms with van der Waals surface area (Å²) in [5.41, 5.74) is 3.91. The fourth-order valence-electron chi connectivity index (χ4n) is 4.05. The highest BCUT2D eigenvalue weighted by atomic mass is 16.2. The van der Waals surface area contributed by atoms with E-state index in [4.69, 9.17) is 0 Å². The van der Waals surface area contributed by atoms with Crippen molar-refractivity contribution >= 4 is 11.8 Å². The third-order valence-corrected chi connectivity index (χ3v) is 5.68. The SMILES string of the molecule is Cc1cccc(CN(C(=O)CCc2ccccc2)[C@@H](Cc2ccccc2)C(=O)NC(C)(C)C)c1. The zero-order valence-electron chi connectivity index (χ0n) is 20.8. The van der Waals surface area contributed by atoms with E-state index in [2.05, 4.69) is 11.4 Å². The molecule has 178 valence electrons. The van der Waals surface area contributed by atoms with Crippen LogP contribution in [0.2, 0.25) is 0 Å². The normalized spacial score (nSPS) is 12.1. The Morgan fingerprint density at radius 3 is 2.00 bits per heavy atom. The summed E-state index contributed by atoms with van der Waals surface area (Å²) in [6, 6.07) is 27.5. The molecule has 0 aliphatic carbocycles. The Hall–Kier alpha value is -3.40. The number of hydrogen-bond donors (Lipinski definition) is 1. The Kier molecular flexibility index (Phi) is 8.64. The lowest BCUT2D eigenvalue weighted by Gasteiger charge is -2.34. The zero-order valence-corrected chi connectivity index (χ0v) is 20.8. The quantitative estimate of drug-likeness (QED) is 0.463. The molecule has 0 aliphatic rings. The van der Waals surface area contributed by atoms with Crippen LogP contribution >= 0.6 is 0 Å². The van der Waals surface area contributed by atoms with Crippen molar-refractivity contribution in [3.05, 3.63) is 107 Å². The number of aryl methyl sites for hydroxylation is 2. The summed E-state index contributed by atoms with van der Waals surface area (Å²) in [5, 5.41) is 3.11. The maximum Gasteiger partial charge on any atom is 0.243 e. The van der Waals surface area contributed by atoms with E-state index in [9.17, 15) is 9.59 Å². The monoisotopic (exact) mass is 456 g/mol. The van der Waals surface area contributed by atoms with Gasteiger partial charge in [-0.15, -0.1) is 0 Å². The van der Waals surface area contributed by atoms with Crippen molar-refractivity contribution in [2.45, 2.75) is 65.1 Å². The van der Waals surface area contributed by atoms with Crippen LogP contribution in [-0.2, 0) is 29.0 Å². The minimum absolute atomic E-state index is 0.0182. The molecule has 1 N–H and O–H groups in total. The van der Waals surface area contributed by atoms with E-state index in [0.717, 1.165) is 22.3 Å². The molecule has 0 bridgehead atoms. The van der Waals surface area contributed by atoms with Gasteiger partial charge < -0.3 is 10.2 Å². The molecule has 0 heterocycles. The van der Waals surface area contributed by atoms with Crippen LogP contribution in [0.3, 0.4) is 0 Å². The number of nitrogens with zero attached hydrogens (tertiary/aromatic N) is 1. The predicted octanol–water partition coefficient (Wildman–Crippen LogP) is 5.48. The molecule has 34 heavy (non-hydrogen) atoms. The number of benzene rings is 3. The number of carbonyl (C=O) groups excluding carboxylic acids is 2. The molecule has 0 spiro atoms. The molecule has 1 atom stereocenters. The van der Waals surface area contributed by atoms with E-state index < -0.39 is 11.6 Å². The Bertz CT molecular complexity index is 1070. The lowest BCUT2D eigenvalue weighted by molar-refractivity contribution is -0.141. The number of hydrogen-bond acceptors (Lipinski definition) is 2. The second kappa shape index (κ2) is 11.6. The maximum absolute atomic E-state index is 13.7. The topological polar surface area (TPSA) is 49.4 Å². The molecule has 0 radical (unpaired) electrons. The first-order valence-corrected chi connectivity index (χ1v) is 12.0. The van der Waals surface area contributed by atoms with Gasteiger partial charge in [0.15, 0.2) is 0 Å². The van der Waals surface area contributed by atoms with Gasteiger partial charge in [0.2, 0.25) is 11.8 Å². The molecule has 0 saturated heterocycles. The predicted molar refractivity (Wildman–Crippen MR) is 138 cm³/mol. The standard InChI is InChI=1S/C30H36N2O2/c1-23-12-11-17-26(20-23)22-32(28(33)19-18-24-13-7-5-8-14-24)27(29(34)31-30(2,3)4)21-25-15-9-6-10-16-25/h5-17,20,27H,18-19,21-22H2,1-4H3,(H,31,34)/t27-/m0/s1. The molecule has 3 aromatic rings. The smallest absolute Gasteiger partial charge is 0.243 e. The molecule has 4 heteroatoms. The highest BCUT2D eigenvalue weighted by molar-refractivity contribution is 5.88. The van der Waals surface area contributed by atoms with E-state index in [1.807, 2.05) is 107 Å². The highest BCUT2D eigenvalue weighted by Gasteiger charge is 2.32. The van der Waals surface area contributed by atoms with Crippen molar-refractivity contribution in [2.24, 2.45) is 0 Å². The van der Waals surface area contributed by atoms with Crippen LogP contribution in [0.25, 0.3) is 0 Å². The van der Waals surface area contributed by atoms with Gasteiger partial charge >= 0.3 is 0 Å². The first kappa shape index (κ1) is 25.2. The number of nitrogens with one attached hydrogen (secondary N) is 1. The Morgan fingerprint density at radius 1 is 0.824 bits per heavy atom. The summed E-state index contributed by atoms with van der Waals surface area (Å²) in [6.07, 6.45) is 1.46. The molecular weight excluding hydrogens is 420 g/mol. The molecule has 2 amide bonds. The Balaban J connectivity index is 1.92. The van der Waals surface area contributed by atoms with Gasteiger partial charge in [-0.05, 0) is 50.8 Å². The van der Waals surface area contributed by atoms with Crippen LogP contribution in [0.15, 0.2) is 84.9 Å². The van der Waals surface area contributed by atoms with Crippen LogP contribution in [0.5, 0.6) is 0 Å². The molecule has 3 aromatic carbocycles. The van der Waals surface area contributed by atoms with E-state index in [1.165, 1.54) is 0 Å². The summed E-state index contributed by atoms with van der Waals surface area (Å²) < 4.78 is 0. The minimum atomic E-state index is -0.606. The molecule has 4 nitrogen and oxygen atoms in total. The summed E-state index contributed by atoms with van der Waals surface area (Å²) in [4.78, 5) is 29.0. The molecular formula is C30H36N2O2. The fraction of sp³-hybridized carbons (Fsp3) is 0.333. The number of rotatable bonds is 9. The molecule has 3 rings (SSSR count). The second-order valence-electron chi connectivity index (χ2n) is 9.94. The van der Waals surface area contributed by atoms with Gasteiger partial charge in [0.25, 0.3) is 0 Å². The van der Waals surface area contributed by atoms with Crippen molar-refractivity contribution in [3.63, 3.8) is 0 Å². The van der Waals surface area contributed by atoms with Crippen molar-refractivity contribution < 1.29 is 9.59 Å². The first-order chi connectivity index (χ1) is 16.2. The Morgan fingerprint density at radius 2 is 1.41 bits per heavy atom. The molecule has 0 unspecified atom stereocenters. The lowest BCUT2D eigenvalue weighted by Crippen LogP contribution is -2.54. The maximum atomic E-state index is 13.7. The van der Waals surface area contributed by atoms with Crippen molar-refractivity contribution in [2.75, 3.05) is 0 Å². The minimum Gasteiger partial charge on any atom is -0.350 e. The van der Waals surface area contributed by atoms with Crippen LogP contribution in [0.4, 0.5) is 0 Å². The van der Waals surface area contributed by atoms with Gasteiger partial charge in [-0.1, -0.05) is 90.5 Å². The average Bonchev–Trinajstić information content (AvgIpc) is 2.80. The van der Waals surface area contributed by atoms with Gasteiger partial charge in [-0.2, -0.15) is 0 Å². The van der Waals surface area contributed by atoms with Gasteiger partial charge in [0.1, 0.15) is 6.04 Å². The summed E-state index contributed by atoms with van der Waals surface area (Å²) >= 11 is 0.